The van der Waals surface area contributed by atoms with Gasteiger partial charge in [-0.05, 0) is 55.5 Å². The van der Waals surface area contributed by atoms with Gasteiger partial charge in [0.25, 0.3) is 0 Å². The second kappa shape index (κ2) is 8.72. The number of anilines is 1. The summed E-state index contributed by atoms with van der Waals surface area (Å²) in [5.41, 5.74) is 1.77. The Labute approximate surface area is 161 Å². The largest absolute Gasteiger partial charge is 0.494 e. The van der Waals surface area contributed by atoms with E-state index in [0.717, 1.165) is 33.0 Å². The number of furan rings is 1. The Hall–Kier alpha value is -2.53. The molecule has 1 heterocycles. The number of amides is 1. The van der Waals surface area contributed by atoms with Gasteiger partial charge in [-0.15, -0.1) is 0 Å². The van der Waals surface area contributed by atoms with E-state index in [2.05, 4.69) is 21.2 Å². The van der Waals surface area contributed by atoms with Crippen molar-refractivity contribution in [3.63, 3.8) is 0 Å². The number of hydrogen-bond donors (Lipinski definition) is 1. The molecule has 3 aromatic rings. The molecule has 0 saturated heterocycles. The summed E-state index contributed by atoms with van der Waals surface area (Å²) in [6, 6.07) is 19.1. The van der Waals surface area contributed by atoms with Gasteiger partial charge in [-0.1, -0.05) is 28.1 Å². The zero-order chi connectivity index (χ0) is 18.4. The number of aryl methyl sites for hydroxylation is 1. The Morgan fingerprint density at radius 3 is 2.46 bits per heavy atom. The highest BCUT2D eigenvalue weighted by Crippen LogP contribution is 2.24. The minimum atomic E-state index is -0.0456. The summed E-state index contributed by atoms with van der Waals surface area (Å²) in [5, 5.41) is 2.88. The second-order valence-electron chi connectivity index (χ2n) is 5.78. The fourth-order valence-corrected chi connectivity index (χ4v) is 2.81. The zero-order valence-corrected chi connectivity index (χ0v) is 16.1. The number of halogens is 1. The summed E-state index contributed by atoms with van der Waals surface area (Å²) >= 11 is 3.42. The second-order valence-corrected chi connectivity index (χ2v) is 6.69. The standard InChI is InChI=1S/C21H20BrNO3/c1-2-25-18-9-7-17(8-10-18)23-21(24)14-12-19-11-13-20(26-19)15-3-5-16(22)6-4-15/h3-11,13H,2,12,14H2,1H3,(H,23,24). The van der Waals surface area contributed by atoms with E-state index in [1.54, 1.807) is 0 Å². The van der Waals surface area contributed by atoms with Gasteiger partial charge in [0.05, 0.1) is 6.61 Å². The summed E-state index contributed by atoms with van der Waals surface area (Å²) in [6.45, 7) is 2.56. The van der Waals surface area contributed by atoms with Crippen LogP contribution in [0.2, 0.25) is 0 Å². The summed E-state index contributed by atoms with van der Waals surface area (Å²) in [5.74, 6) is 2.35. The first-order chi connectivity index (χ1) is 12.6. The SMILES string of the molecule is CCOc1ccc(NC(=O)CCc2ccc(-c3ccc(Br)cc3)o2)cc1. The maximum absolute atomic E-state index is 12.1. The fraction of sp³-hybridized carbons (Fsp3) is 0.190. The van der Waals surface area contributed by atoms with Crippen LogP contribution in [-0.2, 0) is 11.2 Å². The van der Waals surface area contributed by atoms with Crippen LogP contribution in [0.25, 0.3) is 11.3 Å². The lowest BCUT2D eigenvalue weighted by molar-refractivity contribution is -0.116. The Morgan fingerprint density at radius 2 is 1.77 bits per heavy atom. The van der Waals surface area contributed by atoms with Crippen molar-refractivity contribution < 1.29 is 13.9 Å². The van der Waals surface area contributed by atoms with Crippen LogP contribution in [0, 0.1) is 0 Å². The Kier molecular flexibility index (Phi) is 6.12. The van der Waals surface area contributed by atoms with Gasteiger partial charge in [-0.2, -0.15) is 0 Å². The molecule has 0 unspecified atom stereocenters. The van der Waals surface area contributed by atoms with Crippen LogP contribution in [0.3, 0.4) is 0 Å². The smallest absolute Gasteiger partial charge is 0.224 e. The molecular weight excluding hydrogens is 394 g/mol. The van der Waals surface area contributed by atoms with E-state index in [4.69, 9.17) is 9.15 Å². The van der Waals surface area contributed by atoms with Gasteiger partial charge < -0.3 is 14.5 Å². The lowest BCUT2D eigenvalue weighted by Crippen LogP contribution is -2.12. The summed E-state index contributed by atoms with van der Waals surface area (Å²) < 4.78 is 12.3. The molecule has 2 aromatic carbocycles. The third-order valence-electron chi connectivity index (χ3n) is 3.84. The number of carbonyl (C=O) groups excluding carboxylic acids is 1. The van der Waals surface area contributed by atoms with Crippen molar-refractivity contribution >= 4 is 27.5 Å². The molecule has 1 N–H and O–H groups in total. The highest BCUT2D eigenvalue weighted by atomic mass is 79.9. The molecule has 5 heteroatoms. The lowest BCUT2D eigenvalue weighted by atomic mass is 10.2. The Balaban J connectivity index is 1.52. The molecule has 0 bridgehead atoms. The summed E-state index contributed by atoms with van der Waals surface area (Å²) in [4.78, 5) is 12.1. The lowest BCUT2D eigenvalue weighted by Gasteiger charge is -2.06. The molecule has 3 rings (SSSR count). The van der Waals surface area contributed by atoms with Crippen LogP contribution in [0.5, 0.6) is 5.75 Å². The molecule has 0 aliphatic rings. The van der Waals surface area contributed by atoms with Crippen LogP contribution >= 0.6 is 15.9 Å². The molecule has 134 valence electrons. The zero-order valence-electron chi connectivity index (χ0n) is 14.5. The number of hydrogen-bond acceptors (Lipinski definition) is 3. The average molecular weight is 414 g/mol. The van der Waals surface area contributed by atoms with E-state index in [9.17, 15) is 4.79 Å². The predicted molar refractivity (Wildman–Crippen MR) is 106 cm³/mol. The van der Waals surface area contributed by atoms with Crippen molar-refractivity contribution in [2.24, 2.45) is 0 Å². The topological polar surface area (TPSA) is 51.5 Å². The monoisotopic (exact) mass is 413 g/mol. The number of nitrogens with one attached hydrogen (secondary N) is 1. The van der Waals surface area contributed by atoms with E-state index < -0.39 is 0 Å². The molecule has 26 heavy (non-hydrogen) atoms. The first-order valence-electron chi connectivity index (χ1n) is 8.51. The highest BCUT2D eigenvalue weighted by molar-refractivity contribution is 9.10. The van der Waals surface area contributed by atoms with Gasteiger partial charge in [0.2, 0.25) is 5.91 Å². The highest BCUT2D eigenvalue weighted by Gasteiger charge is 2.08. The molecule has 0 radical (unpaired) electrons. The molecule has 0 aliphatic heterocycles. The molecule has 0 saturated carbocycles. The van der Waals surface area contributed by atoms with Crippen molar-refractivity contribution in [1.29, 1.82) is 0 Å². The molecule has 0 spiro atoms. The minimum absolute atomic E-state index is 0.0456. The van der Waals surface area contributed by atoms with Gasteiger partial charge in [0, 0.05) is 28.6 Å². The van der Waals surface area contributed by atoms with E-state index in [1.165, 1.54) is 0 Å². The molecule has 0 fully saturated rings. The minimum Gasteiger partial charge on any atom is -0.494 e. The van der Waals surface area contributed by atoms with Crippen molar-refractivity contribution in [2.75, 3.05) is 11.9 Å². The molecular formula is C21H20BrNO3. The van der Waals surface area contributed by atoms with Crippen molar-refractivity contribution in [1.82, 2.24) is 0 Å². The first kappa shape index (κ1) is 18.3. The fourth-order valence-electron chi connectivity index (χ4n) is 2.54. The van der Waals surface area contributed by atoms with Crippen LogP contribution in [0.1, 0.15) is 19.1 Å². The molecule has 0 aliphatic carbocycles. The molecule has 4 nitrogen and oxygen atoms in total. The number of ether oxygens (including phenoxy) is 1. The number of benzene rings is 2. The molecule has 0 atom stereocenters. The van der Waals surface area contributed by atoms with Gasteiger partial charge in [0.15, 0.2) is 0 Å². The van der Waals surface area contributed by atoms with Crippen LogP contribution in [0.4, 0.5) is 5.69 Å². The summed E-state index contributed by atoms with van der Waals surface area (Å²) in [7, 11) is 0. The Bertz CT molecular complexity index is 854. The van der Waals surface area contributed by atoms with Crippen molar-refractivity contribution in [3.8, 4) is 17.1 Å². The average Bonchev–Trinajstić information content (AvgIpc) is 3.11. The van der Waals surface area contributed by atoms with E-state index in [1.807, 2.05) is 67.6 Å². The normalized spacial score (nSPS) is 10.5. The maximum atomic E-state index is 12.1. The van der Waals surface area contributed by atoms with Gasteiger partial charge in [-0.3, -0.25) is 4.79 Å². The molecule has 1 aromatic heterocycles. The third kappa shape index (κ3) is 4.99. The maximum Gasteiger partial charge on any atom is 0.224 e. The third-order valence-corrected chi connectivity index (χ3v) is 4.37. The molecule has 1 amide bonds. The van der Waals surface area contributed by atoms with E-state index >= 15 is 0 Å². The predicted octanol–water partition coefficient (Wildman–Crippen LogP) is 5.68. The van der Waals surface area contributed by atoms with Gasteiger partial charge >= 0.3 is 0 Å². The van der Waals surface area contributed by atoms with Gasteiger partial charge in [0.1, 0.15) is 17.3 Å². The Morgan fingerprint density at radius 1 is 1.04 bits per heavy atom. The first-order valence-corrected chi connectivity index (χ1v) is 9.30. The quantitative estimate of drug-likeness (QED) is 0.541. The van der Waals surface area contributed by atoms with Crippen LogP contribution < -0.4 is 10.1 Å². The van der Waals surface area contributed by atoms with E-state index in [-0.39, 0.29) is 5.91 Å². The summed E-state index contributed by atoms with van der Waals surface area (Å²) in [6.07, 6.45) is 0.917. The van der Waals surface area contributed by atoms with Crippen LogP contribution in [-0.4, -0.2) is 12.5 Å². The number of carbonyl (C=O) groups is 1. The number of rotatable bonds is 7. The van der Waals surface area contributed by atoms with Crippen molar-refractivity contribution in [3.05, 3.63) is 70.9 Å². The van der Waals surface area contributed by atoms with E-state index in [0.29, 0.717) is 19.4 Å². The van der Waals surface area contributed by atoms with Gasteiger partial charge in [-0.25, -0.2) is 0 Å². The van der Waals surface area contributed by atoms with Crippen LogP contribution in [0.15, 0.2) is 69.6 Å². The van der Waals surface area contributed by atoms with Crippen molar-refractivity contribution in [2.45, 2.75) is 19.8 Å².